The van der Waals surface area contributed by atoms with Crippen LogP contribution >= 0.6 is 24.8 Å². The Morgan fingerprint density at radius 3 is 2.41 bits per heavy atom. The predicted molar refractivity (Wildman–Crippen MR) is 105 cm³/mol. The summed E-state index contributed by atoms with van der Waals surface area (Å²) < 4.78 is 6.98. The zero-order valence-electron chi connectivity index (χ0n) is 14.5. The number of hydrogen-bond donors (Lipinski definition) is 3. The van der Waals surface area contributed by atoms with Crippen LogP contribution in [0.15, 0.2) is 30.5 Å². The van der Waals surface area contributed by atoms with Gasteiger partial charge in [0.15, 0.2) is 12.4 Å². The summed E-state index contributed by atoms with van der Waals surface area (Å²) in [5.41, 5.74) is 6.94. The Labute approximate surface area is 168 Å². The fraction of sp³-hybridized carbons (Fsp3) is 0.353. The number of hydrogen-bond acceptors (Lipinski definition) is 5. The van der Waals surface area contributed by atoms with Crippen molar-refractivity contribution in [1.82, 2.24) is 14.9 Å². The van der Waals surface area contributed by atoms with Crippen molar-refractivity contribution in [2.24, 2.45) is 5.73 Å². The molecule has 3 rings (SSSR count). The predicted octanol–water partition coefficient (Wildman–Crippen LogP) is 1.88. The minimum absolute atomic E-state index is 0. The molecule has 1 aliphatic rings. The molecule has 1 aliphatic heterocycles. The maximum atomic E-state index is 11.8. The molecule has 0 bridgehead atoms. The first-order chi connectivity index (χ1) is 12.0. The first kappa shape index (κ1) is 22.8. The van der Waals surface area contributed by atoms with Crippen LogP contribution < -0.4 is 15.8 Å². The molecule has 1 fully saturated rings. The van der Waals surface area contributed by atoms with E-state index < -0.39 is 18.5 Å². The molecular weight excluding hydrogens is 395 g/mol. The van der Waals surface area contributed by atoms with Crippen molar-refractivity contribution >= 4 is 36.7 Å². The van der Waals surface area contributed by atoms with E-state index in [2.05, 4.69) is 10.3 Å². The number of ether oxygens (including phenoxy) is 1. The third-order valence-corrected chi connectivity index (χ3v) is 4.17. The van der Waals surface area contributed by atoms with Crippen molar-refractivity contribution in [3.8, 4) is 17.0 Å². The van der Waals surface area contributed by atoms with E-state index in [1.54, 1.807) is 24.3 Å². The molecule has 10 heteroatoms. The summed E-state index contributed by atoms with van der Waals surface area (Å²) in [6, 6.07) is 7.09. The van der Waals surface area contributed by atoms with Crippen LogP contribution in [0.1, 0.15) is 29.5 Å². The summed E-state index contributed by atoms with van der Waals surface area (Å²) in [6.45, 7) is 1.40. The van der Waals surface area contributed by atoms with Crippen molar-refractivity contribution in [3.05, 3.63) is 36.3 Å². The van der Waals surface area contributed by atoms with Gasteiger partial charge in [-0.2, -0.15) is 0 Å². The highest BCUT2D eigenvalue weighted by molar-refractivity contribution is 5.90. The molecule has 148 valence electrons. The van der Waals surface area contributed by atoms with Gasteiger partial charge in [0.2, 0.25) is 0 Å². The van der Waals surface area contributed by atoms with Gasteiger partial charge in [-0.15, -0.1) is 24.8 Å². The van der Waals surface area contributed by atoms with Gasteiger partial charge >= 0.3 is 5.97 Å². The highest BCUT2D eigenvalue weighted by Gasteiger charge is 2.22. The Morgan fingerprint density at radius 1 is 1.22 bits per heavy atom. The van der Waals surface area contributed by atoms with Gasteiger partial charge in [0.25, 0.3) is 5.91 Å². The molecule has 8 nitrogen and oxygen atoms in total. The van der Waals surface area contributed by atoms with E-state index in [0.29, 0.717) is 11.4 Å². The highest BCUT2D eigenvalue weighted by atomic mass is 35.5. The maximum Gasteiger partial charge on any atom is 0.341 e. The van der Waals surface area contributed by atoms with Crippen molar-refractivity contribution in [1.29, 1.82) is 0 Å². The van der Waals surface area contributed by atoms with Crippen LogP contribution in [0.4, 0.5) is 0 Å². The second kappa shape index (κ2) is 10.1. The molecular formula is C17H22Cl2N4O4. The molecule has 0 radical (unpaired) electrons. The molecule has 4 N–H and O–H groups in total. The number of amides is 1. The number of carboxylic acid groups (broad SMARTS) is 1. The average Bonchev–Trinajstić information content (AvgIpc) is 3.07. The minimum atomic E-state index is -1.03. The molecule has 0 aliphatic carbocycles. The fourth-order valence-corrected chi connectivity index (χ4v) is 2.95. The summed E-state index contributed by atoms with van der Waals surface area (Å²) in [5.74, 6) is -0.866. The van der Waals surface area contributed by atoms with Crippen LogP contribution in [-0.4, -0.2) is 46.2 Å². The summed E-state index contributed by atoms with van der Waals surface area (Å²) >= 11 is 0. The summed E-state index contributed by atoms with van der Waals surface area (Å²) in [7, 11) is 0. The monoisotopic (exact) mass is 416 g/mol. The van der Waals surface area contributed by atoms with Crippen LogP contribution in [0.2, 0.25) is 0 Å². The zero-order valence-corrected chi connectivity index (χ0v) is 16.1. The van der Waals surface area contributed by atoms with Gasteiger partial charge in [-0.05, 0) is 50.2 Å². The number of carboxylic acids is 1. The topological polar surface area (TPSA) is 119 Å². The SMILES string of the molecule is Cl.Cl.NC(=O)c1nc(-c2ccc(OCC(=O)O)cc2)cn1C1CCNCC1. The summed E-state index contributed by atoms with van der Waals surface area (Å²) in [6.07, 6.45) is 3.68. The average molecular weight is 417 g/mol. The number of carbonyl (C=O) groups is 2. The van der Waals surface area contributed by atoms with Gasteiger partial charge in [0, 0.05) is 17.8 Å². The molecule has 2 aromatic rings. The molecule has 0 unspecified atom stereocenters. The van der Waals surface area contributed by atoms with Crippen molar-refractivity contribution in [2.45, 2.75) is 18.9 Å². The van der Waals surface area contributed by atoms with Crippen molar-refractivity contribution in [2.75, 3.05) is 19.7 Å². The quantitative estimate of drug-likeness (QED) is 0.660. The van der Waals surface area contributed by atoms with E-state index in [1.807, 2.05) is 10.8 Å². The van der Waals surface area contributed by atoms with Gasteiger partial charge in [0.1, 0.15) is 5.75 Å². The molecule has 0 saturated carbocycles. The number of rotatable bonds is 6. The largest absolute Gasteiger partial charge is 0.482 e. The van der Waals surface area contributed by atoms with E-state index >= 15 is 0 Å². The number of nitrogens with two attached hydrogens (primary N) is 1. The normalized spacial score (nSPS) is 13.9. The van der Waals surface area contributed by atoms with E-state index in [0.717, 1.165) is 31.5 Å². The number of primary amides is 1. The highest BCUT2D eigenvalue weighted by Crippen LogP contribution is 2.26. The van der Waals surface area contributed by atoms with Crippen LogP contribution in [-0.2, 0) is 4.79 Å². The minimum Gasteiger partial charge on any atom is -0.482 e. The molecule has 27 heavy (non-hydrogen) atoms. The number of carbonyl (C=O) groups excluding carboxylic acids is 1. The molecule has 1 saturated heterocycles. The molecule has 1 aromatic heterocycles. The van der Waals surface area contributed by atoms with Gasteiger partial charge in [-0.1, -0.05) is 0 Å². The van der Waals surface area contributed by atoms with E-state index in [-0.39, 0.29) is 36.7 Å². The first-order valence-corrected chi connectivity index (χ1v) is 8.09. The Hall–Kier alpha value is -2.29. The third kappa shape index (κ3) is 5.59. The second-order valence-electron chi connectivity index (χ2n) is 5.91. The van der Waals surface area contributed by atoms with Gasteiger partial charge in [-0.3, -0.25) is 4.79 Å². The molecule has 1 aromatic carbocycles. The number of aliphatic carboxylic acids is 1. The Balaban J connectivity index is 0.00000182. The van der Waals surface area contributed by atoms with E-state index in [9.17, 15) is 9.59 Å². The Kier molecular flexibility index (Phi) is 8.55. The van der Waals surface area contributed by atoms with Crippen LogP contribution in [0.3, 0.4) is 0 Å². The van der Waals surface area contributed by atoms with Crippen LogP contribution in [0, 0.1) is 0 Å². The molecule has 0 spiro atoms. The van der Waals surface area contributed by atoms with E-state index in [4.69, 9.17) is 15.6 Å². The fourth-order valence-electron chi connectivity index (χ4n) is 2.95. The summed E-state index contributed by atoms with van der Waals surface area (Å²) in [5, 5.41) is 11.9. The lowest BCUT2D eigenvalue weighted by atomic mass is 10.1. The number of nitrogens with zero attached hydrogens (tertiary/aromatic N) is 2. The van der Waals surface area contributed by atoms with Crippen LogP contribution in [0.5, 0.6) is 5.75 Å². The van der Waals surface area contributed by atoms with Gasteiger partial charge in [0.05, 0.1) is 5.69 Å². The zero-order chi connectivity index (χ0) is 17.8. The third-order valence-electron chi connectivity index (χ3n) is 4.17. The summed E-state index contributed by atoms with van der Waals surface area (Å²) in [4.78, 5) is 26.7. The maximum absolute atomic E-state index is 11.8. The van der Waals surface area contributed by atoms with Crippen molar-refractivity contribution < 1.29 is 19.4 Å². The van der Waals surface area contributed by atoms with Crippen LogP contribution in [0.25, 0.3) is 11.3 Å². The number of benzene rings is 1. The Bertz CT molecular complexity index is 774. The smallest absolute Gasteiger partial charge is 0.341 e. The number of nitrogens with one attached hydrogen (secondary N) is 1. The number of aromatic nitrogens is 2. The van der Waals surface area contributed by atoms with E-state index in [1.165, 1.54) is 0 Å². The molecule has 1 amide bonds. The Morgan fingerprint density at radius 2 is 1.85 bits per heavy atom. The lowest BCUT2D eigenvalue weighted by molar-refractivity contribution is -0.139. The molecule has 2 heterocycles. The lowest BCUT2D eigenvalue weighted by Gasteiger charge is -2.24. The molecule has 0 atom stereocenters. The number of piperidine rings is 1. The number of halogens is 2. The van der Waals surface area contributed by atoms with Crippen molar-refractivity contribution in [3.63, 3.8) is 0 Å². The number of imidazole rings is 1. The standard InChI is InChI=1S/C17H20N4O4.2ClH/c18-16(24)17-20-14(9-21(17)12-5-7-19-8-6-12)11-1-3-13(4-2-11)25-10-15(22)23;;/h1-4,9,12,19H,5-8,10H2,(H2,18,24)(H,22,23);2*1H. The first-order valence-electron chi connectivity index (χ1n) is 8.09. The van der Waals surface area contributed by atoms with Gasteiger partial charge in [-0.25, -0.2) is 9.78 Å². The van der Waals surface area contributed by atoms with Gasteiger partial charge < -0.3 is 25.5 Å². The second-order valence-corrected chi connectivity index (χ2v) is 5.91. The lowest BCUT2D eigenvalue weighted by Crippen LogP contribution is -2.31.